The Kier molecular flexibility index (Phi) is 8.26. The van der Waals surface area contributed by atoms with E-state index < -0.39 is 20.2 Å². The lowest BCUT2D eigenvalue weighted by Crippen LogP contribution is -1.98. The second kappa shape index (κ2) is 12.2. The minimum Gasteiger partial charge on any atom is -0.744 e. The van der Waals surface area contributed by atoms with Crippen molar-refractivity contribution in [1.82, 2.24) is 0 Å². The predicted octanol–water partition coefficient (Wildman–Crippen LogP) is 8.42. The summed E-state index contributed by atoms with van der Waals surface area (Å²) in [6, 6.07) is 26.0. The molecule has 242 valence electrons. The molecule has 6 rings (SSSR count). The summed E-state index contributed by atoms with van der Waals surface area (Å²) >= 11 is 0. The number of fused-ring (bicyclic) bond motifs is 2. The fraction of sp³-hybridized carbons (Fsp3) is 0.0588. The van der Waals surface area contributed by atoms with Crippen LogP contribution in [0.25, 0.3) is 32.7 Å². The van der Waals surface area contributed by atoms with Gasteiger partial charge in [-0.15, -0.1) is 10.2 Å². The minimum atomic E-state index is -4.61. The maximum atomic E-state index is 11.9. The van der Waals surface area contributed by atoms with Crippen LogP contribution >= 0.6 is 0 Å². The highest BCUT2D eigenvalue weighted by atomic mass is 32.2. The van der Waals surface area contributed by atoms with Crippen molar-refractivity contribution in [3.05, 3.63) is 108 Å². The molecule has 0 saturated heterocycles. The van der Waals surface area contributed by atoms with Gasteiger partial charge in [0.2, 0.25) is 0 Å². The fourth-order valence-electron chi connectivity index (χ4n) is 5.24. The van der Waals surface area contributed by atoms with Gasteiger partial charge in [0.25, 0.3) is 10.1 Å². The first-order valence-electron chi connectivity index (χ1n) is 14.3. The van der Waals surface area contributed by atoms with E-state index in [1.165, 1.54) is 30.3 Å². The minimum absolute atomic E-state index is 0.238. The van der Waals surface area contributed by atoms with E-state index in [-0.39, 0.29) is 15.5 Å². The number of benzene rings is 6. The molecule has 0 saturated carbocycles. The number of anilines is 2. The molecule has 0 aliphatic heterocycles. The average molecular weight is 680 g/mol. The van der Waals surface area contributed by atoms with Gasteiger partial charge in [-0.1, -0.05) is 30.3 Å². The lowest BCUT2D eigenvalue weighted by atomic mass is 10.0. The van der Waals surface area contributed by atoms with Gasteiger partial charge in [0.15, 0.2) is 0 Å². The second-order valence-electron chi connectivity index (χ2n) is 11.1. The highest BCUT2D eigenvalue weighted by Crippen LogP contribution is 2.37. The molecule has 0 fully saturated rings. The third-order valence-electron chi connectivity index (χ3n) is 7.76. The summed E-state index contributed by atoms with van der Waals surface area (Å²) in [5.41, 5.74) is 18.1. The van der Waals surface area contributed by atoms with Crippen molar-refractivity contribution in [3.8, 4) is 11.1 Å². The van der Waals surface area contributed by atoms with Gasteiger partial charge in [0, 0.05) is 16.5 Å². The number of nitrogens with two attached hydrogens (primary N) is 2. The van der Waals surface area contributed by atoms with Crippen LogP contribution in [0, 0.1) is 13.8 Å². The van der Waals surface area contributed by atoms with E-state index in [9.17, 15) is 25.9 Å². The quantitative estimate of drug-likeness (QED) is 0.0843. The first kappa shape index (κ1) is 32.4. The van der Waals surface area contributed by atoms with Crippen molar-refractivity contribution >= 4 is 75.9 Å². The van der Waals surface area contributed by atoms with E-state index in [0.29, 0.717) is 50.0 Å². The third kappa shape index (κ3) is 6.63. The van der Waals surface area contributed by atoms with Gasteiger partial charge in [0.05, 0.1) is 32.5 Å². The topological polar surface area (TPSA) is 213 Å². The van der Waals surface area contributed by atoms with Crippen LogP contribution in [0.3, 0.4) is 0 Å². The fourth-order valence-corrected chi connectivity index (χ4v) is 6.28. The van der Waals surface area contributed by atoms with E-state index in [0.717, 1.165) is 22.3 Å². The smallest absolute Gasteiger partial charge is 0.294 e. The highest BCUT2D eigenvalue weighted by Gasteiger charge is 2.15. The summed E-state index contributed by atoms with van der Waals surface area (Å²) in [6.45, 7) is 3.77. The van der Waals surface area contributed by atoms with Crippen molar-refractivity contribution < 1.29 is 25.9 Å². The highest BCUT2D eigenvalue weighted by molar-refractivity contribution is 7.86. The summed E-state index contributed by atoms with van der Waals surface area (Å²) in [5.74, 6) is 0. The normalized spacial score (nSPS) is 12.5. The van der Waals surface area contributed by atoms with Crippen molar-refractivity contribution in [2.75, 3.05) is 11.5 Å². The summed E-state index contributed by atoms with van der Waals surface area (Å²) in [7, 11) is -9.09. The van der Waals surface area contributed by atoms with Crippen LogP contribution in [-0.2, 0) is 20.2 Å². The van der Waals surface area contributed by atoms with Gasteiger partial charge < -0.3 is 16.0 Å². The number of nitrogen functional groups attached to an aromatic ring is 2. The Morgan fingerprint density at radius 1 is 0.583 bits per heavy atom. The SMILES string of the molecule is Cc1cc(-c2ccc(N=Nc3c(N)ccc4cc(S(=O)(=O)[O-])ccc34)c(C)c2)ccc1N=Nc1cc(S(=O)(=O)O)cc2ccc(N)cc12. The molecule has 0 aliphatic carbocycles. The molecular formula is C34H27N6O6S2-. The molecule has 0 aromatic heterocycles. The number of rotatable bonds is 7. The lowest BCUT2D eigenvalue weighted by molar-refractivity contribution is 0.463. The van der Waals surface area contributed by atoms with Crippen molar-refractivity contribution in [2.45, 2.75) is 23.6 Å². The van der Waals surface area contributed by atoms with Crippen LogP contribution in [0.4, 0.5) is 34.1 Å². The number of aryl methyl sites for hydroxylation is 2. The molecule has 0 spiro atoms. The molecule has 12 nitrogen and oxygen atoms in total. The number of hydrogen-bond donors (Lipinski definition) is 3. The Hall–Kier alpha value is -5.54. The summed E-state index contributed by atoms with van der Waals surface area (Å²) < 4.78 is 67.7. The standard InChI is InChI=1S/C34H28N6O6S2/c1-19-13-21(5-11-31(19)37-39-33-18-27(48(44,45)46)16-24-3-7-25(35)17-29(24)33)22-6-12-32(20(2)14-22)38-40-34-28-9-8-26(47(41,42)43)15-23(28)4-10-30(34)36/h3-18H,35-36H2,1-2H3,(H,41,42,43)(H,44,45,46)/p-1. The zero-order valence-electron chi connectivity index (χ0n) is 25.5. The Morgan fingerprint density at radius 2 is 1.15 bits per heavy atom. The molecule has 0 unspecified atom stereocenters. The molecule has 0 amide bonds. The second-order valence-corrected chi connectivity index (χ2v) is 13.9. The number of nitrogens with zero attached hydrogens (tertiary/aromatic N) is 4. The van der Waals surface area contributed by atoms with E-state index >= 15 is 0 Å². The molecular weight excluding hydrogens is 653 g/mol. The van der Waals surface area contributed by atoms with Gasteiger partial charge in [-0.2, -0.15) is 18.6 Å². The van der Waals surface area contributed by atoms with Crippen LogP contribution in [0.2, 0.25) is 0 Å². The first-order chi connectivity index (χ1) is 22.7. The van der Waals surface area contributed by atoms with Crippen LogP contribution in [0.1, 0.15) is 11.1 Å². The van der Waals surface area contributed by atoms with E-state index in [2.05, 4.69) is 20.5 Å². The molecule has 14 heteroatoms. The maximum Gasteiger partial charge on any atom is 0.294 e. The van der Waals surface area contributed by atoms with Crippen LogP contribution < -0.4 is 11.5 Å². The number of hydrogen-bond acceptors (Lipinski definition) is 11. The van der Waals surface area contributed by atoms with Crippen LogP contribution in [-0.4, -0.2) is 25.9 Å². The van der Waals surface area contributed by atoms with Gasteiger partial charge in [0.1, 0.15) is 15.8 Å². The summed E-state index contributed by atoms with van der Waals surface area (Å²) in [6.07, 6.45) is 0. The Balaban J connectivity index is 1.27. The average Bonchev–Trinajstić information content (AvgIpc) is 3.03. The van der Waals surface area contributed by atoms with Crippen LogP contribution in [0.15, 0.2) is 127 Å². The lowest BCUT2D eigenvalue weighted by Gasteiger charge is -2.10. The van der Waals surface area contributed by atoms with Crippen molar-refractivity contribution in [2.24, 2.45) is 20.5 Å². The summed E-state index contributed by atoms with van der Waals surface area (Å²) in [4.78, 5) is -0.642. The van der Waals surface area contributed by atoms with E-state index in [1.54, 1.807) is 36.4 Å². The molecule has 0 heterocycles. The van der Waals surface area contributed by atoms with Crippen molar-refractivity contribution in [3.63, 3.8) is 0 Å². The van der Waals surface area contributed by atoms with Gasteiger partial charge in [-0.25, -0.2) is 8.42 Å². The monoisotopic (exact) mass is 679 g/mol. The largest absolute Gasteiger partial charge is 0.744 e. The molecule has 6 aromatic carbocycles. The molecule has 6 aromatic rings. The Bertz CT molecular complexity index is 2570. The molecule has 0 radical (unpaired) electrons. The Labute approximate surface area is 276 Å². The predicted molar refractivity (Wildman–Crippen MR) is 184 cm³/mol. The first-order valence-corrected chi connectivity index (χ1v) is 17.2. The zero-order valence-corrected chi connectivity index (χ0v) is 27.1. The van der Waals surface area contributed by atoms with Crippen molar-refractivity contribution in [1.29, 1.82) is 0 Å². The van der Waals surface area contributed by atoms with Gasteiger partial charge >= 0.3 is 0 Å². The molecule has 0 aliphatic rings. The van der Waals surface area contributed by atoms with Gasteiger partial charge in [-0.05, 0) is 114 Å². The van der Waals surface area contributed by atoms with E-state index in [1.807, 2.05) is 44.2 Å². The number of azo groups is 2. The third-order valence-corrected chi connectivity index (χ3v) is 9.42. The molecule has 48 heavy (non-hydrogen) atoms. The molecule has 0 atom stereocenters. The zero-order chi connectivity index (χ0) is 34.4. The van der Waals surface area contributed by atoms with Gasteiger partial charge in [-0.3, -0.25) is 4.55 Å². The maximum absolute atomic E-state index is 11.9. The molecule has 5 N–H and O–H groups in total. The molecule has 0 bridgehead atoms. The van der Waals surface area contributed by atoms with E-state index in [4.69, 9.17) is 11.5 Å². The summed E-state index contributed by atoms with van der Waals surface area (Å²) in [5, 5.41) is 19.6. The Morgan fingerprint density at radius 3 is 1.75 bits per heavy atom. The van der Waals surface area contributed by atoms with Crippen LogP contribution in [0.5, 0.6) is 0 Å².